The van der Waals surface area contributed by atoms with Crippen LogP contribution < -0.4 is 0 Å². The average molecular weight is 398 g/mol. The molecule has 6 heteroatoms. The van der Waals surface area contributed by atoms with E-state index in [2.05, 4.69) is 64.3 Å². The van der Waals surface area contributed by atoms with Gasteiger partial charge in [-0.1, -0.05) is 19.1 Å². The van der Waals surface area contributed by atoms with Crippen LogP contribution in [0.15, 0.2) is 24.3 Å². The van der Waals surface area contributed by atoms with Crippen LogP contribution in [0.25, 0.3) is 11.0 Å². The quantitative estimate of drug-likeness (QED) is 0.778. The van der Waals surface area contributed by atoms with E-state index in [1.165, 1.54) is 5.52 Å². The van der Waals surface area contributed by atoms with E-state index >= 15 is 0 Å². The summed E-state index contributed by atoms with van der Waals surface area (Å²) in [7, 11) is 0. The topological polar surface area (TPSA) is 44.6 Å². The van der Waals surface area contributed by atoms with E-state index < -0.39 is 0 Å². The molecule has 1 aromatic carbocycles. The van der Waals surface area contributed by atoms with Crippen molar-refractivity contribution >= 4 is 16.9 Å². The summed E-state index contributed by atoms with van der Waals surface area (Å²) in [6.45, 7) is 14.4. The van der Waals surface area contributed by atoms with E-state index in [-0.39, 0.29) is 5.92 Å². The number of fused-ring (bicyclic) bond motifs is 1. The van der Waals surface area contributed by atoms with Crippen LogP contribution >= 0.6 is 0 Å². The Balaban J connectivity index is 1.35. The third kappa shape index (κ3) is 4.33. The number of likely N-dealkylation sites (N-methyl/N-ethyl adjacent to an activating group) is 1. The monoisotopic (exact) mass is 397 g/mol. The highest BCUT2D eigenvalue weighted by Crippen LogP contribution is 2.25. The van der Waals surface area contributed by atoms with Gasteiger partial charge in [0.05, 0.1) is 17.6 Å². The predicted molar refractivity (Wildman–Crippen MR) is 117 cm³/mol. The average Bonchev–Trinajstić information content (AvgIpc) is 3.12. The van der Waals surface area contributed by atoms with Crippen molar-refractivity contribution in [1.82, 2.24) is 24.3 Å². The number of hydrogen-bond donors (Lipinski definition) is 0. The lowest BCUT2D eigenvalue weighted by molar-refractivity contribution is -0.138. The van der Waals surface area contributed by atoms with Crippen molar-refractivity contribution in [2.75, 3.05) is 45.8 Å². The molecule has 0 spiro atoms. The normalized spacial score (nSPS) is 20.1. The zero-order valence-electron chi connectivity index (χ0n) is 18.2. The lowest BCUT2D eigenvalue weighted by atomic mass is 9.95. The van der Waals surface area contributed by atoms with Crippen molar-refractivity contribution in [3.05, 3.63) is 30.1 Å². The van der Waals surface area contributed by atoms with Gasteiger partial charge in [-0.05, 0) is 58.5 Å². The first-order valence-electron chi connectivity index (χ1n) is 11.3. The highest BCUT2D eigenvalue weighted by molar-refractivity contribution is 5.79. The number of aromatic nitrogens is 2. The second kappa shape index (κ2) is 8.84. The Morgan fingerprint density at radius 1 is 1.03 bits per heavy atom. The Morgan fingerprint density at radius 2 is 1.72 bits per heavy atom. The molecule has 29 heavy (non-hydrogen) atoms. The van der Waals surface area contributed by atoms with Crippen LogP contribution in [0.3, 0.4) is 0 Å². The van der Waals surface area contributed by atoms with Gasteiger partial charge in [0.25, 0.3) is 0 Å². The van der Waals surface area contributed by atoms with Gasteiger partial charge < -0.3 is 14.4 Å². The molecule has 0 saturated carbocycles. The number of hydrogen-bond acceptors (Lipinski definition) is 4. The molecular weight excluding hydrogens is 362 g/mol. The van der Waals surface area contributed by atoms with Crippen LogP contribution in [0.4, 0.5) is 0 Å². The molecule has 158 valence electrons. The summed E-state index contributed by atoms with van der Waals surface area (Å²) in [6, 6.07) is 8.79. The maximum absolute atomic E-state index is 12.9. The summed E-state index contributed by atoms with van der Waals surface area (Å²) in [5.41, 5.74) is 2.29. The minimum atomic E-state index is 0.198. The Kier molecular flexibility index (Phi) is 6.20. The molecule has 6 nitrogen and oxygen atoms in total. The third-order valence-electron chi connectivity index (χ3n) is 6.62. The Labute approximate surface area is 174 Å². The maximum Gasteiger partial charge on any atom is 0.225 e. The Bertz CT molecular complexity index is 829. The number of para-hydroxylation sites is 2. The molecule has 0 radical (unpaired) electrons. The molecule has 2 fully saturated rings. The molecule has 0 unspecified atom stereocenters. The van der Waals surface area contributed by atoms with Gasteiger partial charge in [-0.15, -0.1) is 0 Å². The summed E-state index contributed by atoms with van der Waals surface area (Å²) in [4.78, 5) is 24.9. The fraction of sp³-hybridized carbons (Fsp3) is 0.652. The van der Waals surface area contributed by atoms with Gasteiger partial charge in [-0.25, -0.2) is 4.98 Å². The number of carbonyl (C=O) groups is 1. The number of carbonyl (C=O) groups excluding carboxylic acids is 1. The standard InChI is InChI=1S/C23H35N5O/c1-4-25-13-15-27(16-14-25)23(29)19-9-11-26(12-10-19)17-22-24-20-7-5-6-8-21(20)28(22)18(2)3/h5-8,18-19H,4,9-17H2,1-3H3. The van der Waals surface area contributed by atoms with Gasteiger partial charge >= 0.3 is 0 Å². The number of amides is 1. The van der Waals surface area contributed by atoms with Crippen LogP contribution in [0.5, 0.6) is 0 Å². The fourth-order valence-electron chi connectivity index (χ4n) is 4.86. The minimum Gasteiger partial charge on any atom is -0.340 e. The molecule has 2 aliphatic heterocycles. The van der Waals surface area contributed by atoms with Crippen molar-refractivity contribution in [3.63, 3.8) is 0 Å². The largest absolute Gasteiger partial charge is 0.340 e. The summed E-state index contributed by atoms with van der Waals surface area (Å²) < 4.78 is 2.36. The van der Waals surface area contributed by atoms with Crippen molar-refractivity contribution in [3.8, 4) is 0 Å². The van der Waals surface area contributed by atoms with E-state index in [0.717, 1.165) is 76.5 Å². The summed E-state index contributed by atoms with van der Waals surface area (Å²) in [6.07, 6.45) is 1.93. The maximum atomic E-state index is 12.9. The molecule has 0 atom stereocenters. The first-order chi connectivity index (χ1) is 14.1. The molecule has 1 amide bonds. The van der Waals surface area contributed by atoms with Gasteiger partial charge in [0.15, 0.2) is 0 Å². The molecule has 0 N–H and O–H groups in total. The van der Waals surface area contributed by atoms with Crippen LogP contribution in [0.2, 0.25) is 0 Å². The second-order valence-corrected chi connectivity index (χ2v) is 8.79. The number of rotatable bonds is 5. The molecule has 4 rings (SSSR count). The van der Waals surface area contributed by atoms with Crippen molar-refractivity contribution in [2.24, 2.45) is 5.92 Å². The lowest BCUT2D eigenvalue weighted by Crippen LogP contribution is -2.51. The zero-order chi connectivity index (χ0) is 20.4. The molecular formula is C23H35N5O. The van der Waals surface area contributed by atoms with E-state index in [4.69, 9.17) is 4.98 Å². The van der Waals surface area contributed by atoms with Crippen LogP contribution in [-0.2, 0) is 11.3 Å². The van der Waals surface area contributed by atoms with E-state index in [1.807, 2.05) is 0 Å². The number of piperazine rings is 1. The van der Waals surface area contributed by atoms with E-state index in [9.17, 15) is 4.79 Å². The van der Waals surface area contributed by atoms with Crippen LogP contribution in [0, 0.1) is 5.92 Å². The van der Waals surface area contributed by atoms with Gasteiger partial charge in [0, 0.05) is 38.1 Å². The van der Waals surface area contributed by atoms with Gasteiger partial charge in [0.2, 0.25) is 5.91 Å². The highest BCUT2D eigenvalue weighted by Gasteiger charge is 2.30. The van der Waals surface area contributed by atoms with Gasteiger partial charge in [0.1, 0.15) is 5.82 Å². The van der Waals surface area contributed by atoms with Crippen molar-refractivity contribution < 1.29 is 4.79 Å². The van der Waals surface area contributed by atoms with Gasteiger partial charge in [-0.2, -0.15) is 0 Å². The van der Waals surface area contributed by atoms with Crippen molar-refractivity contribution in [1.29, 1.82) is 0 Å². The Hall–Kier alpha value is -1.92. The first kappa shape index (κ1) is 20.4. The molecule has 3 heterocycles. The first-order valence-corrected chi connectivity index (χ1v) is 11.3. The van der Waals surface area contributed by atoms with Gasteiger partial charge in [-0.3, -0.25) is 9.69 Å². The molecule has 0 aliphatic carbocycles. The SMILES string of the molecule is CCN1CCN(C(=O)C2CCN(Cc3nc4ccccc4n3C(C)C)CC2)CC1. The van der Waals surface area contributed by atoms with Crippen LogP contribution in [-0.4, -0.2) is 76.0 Å². The molecule has 1 aromatic heterocycles. The lowest BCUT2D eigenvalue weighted by Gasteiger charge is -2.38. The smallest absolute Gasteiger partial charge is 0.225 e. The number of imidazole rings is 1. The summed E-state index contributed by atoms with van der Waals surface area (Å²) in [5, 5.41) is 0. The van der Waals surface area contributed by atoms with E-state index in [1.54, 1.807) is 0 Å². The number of piperidine rings is 1. The number of likely N-dealkylation sites (tertiary alicyclic amines) is 1. The summed E-state index contributed by atoms with van der Waals surface area (Å²) >= 11 is 0. The molecule has 0 bridgehead atoms. The highest BCUT2D eigenvalue weighted by atomic mass is 16.2. The summed E-state index contributed by atoms with van der Waals surface area (Å²) in [5.74, 6) is 1.72. The molecule has 2 aromatic rings. The van der Waals surface area contributed by atoms with E-state index in [0.29, 0.717) is 11.9 Å². The number of benzene rings is 1. The molecule has 2 saturated heterocycles. The van der Waals surface area contributed by atoms with Crippen LogP contribution in [0.1, 0.15) is 45.5 Å². The predicted octanol–water partition coefficient (Wildman–Crippen LogP) is 2.99. The minimum absolute atomic E-state index is 0.198. The zero-order valence-corrected chi connectivity index (χ0v) is 18.2. The third-order valence-corrected chi connectivity index (χ3v) is 6.62. The Morgan fingerprint density at radius 3 is 2.38 bits per heavy atom. The number of nitrogens with zero attached hydrogens (tertiary/aromatic N) is 5. The van der Waals surface area contributed by atoms with Crippen molar-refractivity contribution in [2.45, 2.75) is 46.2 Å². The molecule has 2 aliphatic rings. The fourth-order valence-corrected chi connectivity index (χ4v) is 4.86. The second-order valence-electron chi connectivity index (χ2n) is 8.79.